The van der Waals surface area contributed by atoms with Gasteiger partial charge in [0.25, 0.3) is 0 Å². The fraction of sp³-hybridized carbons (Fsp3) is 0.579. The van der Waals surface area contributed by atoms with Gasteiger partial charge in [0.15, 0.2) is 5.78 Å². The van der Waals surface area contributed by atoms with Crippen LogP contribution >= 0.6 is 0 Å². The van der Waals surface area contributed by atoms with Gasteiger partial charge in [0.05, 0.1) is 26.3 Å². The molecule has 2 unspecified atom stereocenters. The Morgan fingerprint density at radius 2 is 1.76 bits per heavy atom. The molecule has 5 atom stereocenters. The molecule has 3 fully saturated rings. The largest absolute Gasteiger partial charge is 0.496 e. The number of likely N-dealkylation sites (tertiary alicyclic amines) is 1. The Balaban J connectivity index is 1.49. The van der Waals surface area contributed by atoms with Gasteiger partial charge in [-0.3, -0.25) is 14.4 Å². The van der Waals surface area contributed by atoms with Crippen LogP contribution in [-0.2, 0) is 19.1 Å². The molecule has 4 amide bonds. The number of urea groups is 1. The van der Waals surface area contributed by atoms with Gasteiger partial charge < -0.3 is 35.1 Å². The number of aryl methyl sites for hydroxylation is 1. The van der Waals surface area contributed by atoms with Gasteiger partial charge in [0, 0.05) is 41.8 Å². The summed E-state index contributed by atoms with van der Waals surface area (Å²) >= 11 is 0. The van der Waals surface area contributed by atoms with Gasteiger partial charge in [-0.1, -0.05) is 39.7 Å². The van der Waals surface area contributed by atoms with E-state index in [1.165, 1.54) is 18.9 Å². The minimum absolute atomic E-state index is 0.00498. The number of rotatable bonds is 11. The van der Waals surface area contributed by atoms with Crippen LogP contribution in [-0.4, -0.2) is 89.5 Å². The molecule has 1 saturated heterocycles. The Bertz CT molecular complexity index is 1750. The molecule has 276 valence electrons. The number of Topliss-reactive ketones (excluding diaryl/α,β-unsaturated/α-hetero) is 1. The zero-order valence-electron chi connectivity index (χ0n) is 30.9. The lowest BCUT2D eigenvalue weighted by Gasteiger charge is -2.36. The lowest BCUT2D eigenvalue weighted by atomic mass is 9.85. The zero-order chi connectivity index (χ0) is 37.5. The highest BCUT2D eigenvalue weighted by atomic mass is 16.5. The molecule has 0 spiro atoms. The van der Waals surface area contributed by atoms with Crippen molar-refractivity contribution in [2.45, 2.75) is 109 Å². The summed E-state index contributed by atoms with van der Waals surface area (Å²) in [6.45, 7) is 14.6. The van der Waals surface area contributed by atoms with E-state index in [-0.39, 0.29) is 35.9 Å². The van der Waals surface area contributed by atoms with Gasteiger partial charge in [-0.25, -0.2) is 14.6 Å². The summed E-state index contributed by atoms with van der Waals surface area (Å²) in [6.07, 6.45) is 5.00. The normalized spacial score (nSPS) is 24.3. The molecule has 0 bridgehead atoms. The lowest BCUT2D eigenvalue weighted by molar-refractivity contribution is -0.148. The molecule has 2 aromatic rings. The number of carbonyl (C=O) groups is 5. The van der Waals surface area contributed by atoms with E-state index in [9.17, 15) is 24.0 Å². The highest BCUT2D eigenvalue weighted by molar-refractivity contribution is 5.99. The van der Waals surface area contributed by atoms with Crippen LogP contribution in [0.4, 0.5) is 4.79 Å². The van der Waals surface area contributed by atoms with Gasteiger partial charge >= 0.3 is 12.0 Å². The van der Waals surface area contributed by atoms with Crippen LogP contribution in [0.25, 0.3) is 10.9 Å². The fourth-order valence-electron chi connectivity index (χ4n) is 7.46. The maximum Gasteiger partial charge on any atom is 0.332 e. The first-order valence-electron chi connectivity index (χ1n) is 17.5. The Morgan fingerprint density at radius 1 is 1.08 bits per heavy atom. The molecular weight excluding hydrogens is 654 g/mol. The van der Waals surface area contributed by atoms with Crippen molar-refractivity contribution in [2.75, 3.05) is 20.8 Å². The van der Waals surface area contributed by atoms with Gasteiger partial charge in [0.1, 0.15) is 40.9 Å². The Hall–Kier alpha value is -4.68. The third-order valence-corrected chi connectivity index (χ3v) is 10.6. The summed E-state index contributed by atoms with van der Waals surface area (Å²) in [5, 5.41) is 9.49. The van der Waals surface area contributed by atoms with E-state index in [2.05, 4.69) is 27.5 Å². The first-order chi connectivity index (χ1) is 24.0. The monoisotopic (exact) mass is 705 g/mol. The SMILES string of the molecule is C=C[C@@H]1C[C@]1(NC(=O)C1C[C@@H](Oc2cc(C(C)=O)nc3c(C)c(OC)ccc23)CN1C(=O)C(NC(=O)NC1(C)CCCC1)C(C)(C)C)C(=O)OC. The van der Waals surface area contributed by atoms with Crippen LogP contribution in [0.15, 0.2) is 30.9 Å². The summed E-state index contributed by atoms with van der Waals surface area (Å²) in [4.78, 5) is 73.5. The molecule has 5 rings (SSSR count). The predicted molar refractivity (Wildman–Crippen MR) is 191 cm³/mol. The number of amides is 4. The Morgan fingerprint density at radius 3 is 2.33 bits per heavy atom. The van der Waals surface area contributed by atoms with Gasteiger partial charge in [-0.15, -0.1) is 6.58 Å². The predicted octanol–water partition coefficient (Wildman–Crippen LogP) is 4.38. The minimum Gasteiger partial charge on any atom is -0.496 e. The van der Waals surface area contributed by atoms with Crippen molar-refractivity contribution in [3.8, 4) is 11.5 Å². The topological polar surface area (TPSA) is 165 Å². The lowest BCUT2D eigenvalue weighted by Crippen LogP contribution is -2.61. The second kappa shape index (κ2) is 14.1. The van der Waals surface area contributed by atoms with Gasteiger partial charge in [-0.2, -0.15) is 0 Å². The molecule has 2 aliphatic carbocycles. The van der Waals surface area contributed by atoms with E-state index in [0.29, 0.717) is 28.8 Å². The standard InChI is InChI=1S/C38H51N5O8/c1-10-23-19-38(23,34(47)50-9)41-32(45)27-17-24(51-29-18-26(22(3)44)39-30-21(2)28(49-8)14-13-25(29)30)20-43(27)33(46)31(36(4,5)6)40-35(48)42-37(7)15-11-12-16-37/h10,13-14,18,23-24,27,31H,1,11-12,15-17,19-20H2,2-9H3,(H,41,45)(H2,40,42,48)/t23-,24-,27?,31?,38-/m1/s1. The Kier molecular flexibility index (Phi) is 10.4. The second-order valence-corrected chi connectivity index (χ2v) is 15.5. The molecule has 2 saturated carbocycles. The van der Waals surface area contributed by atoms with E-state index in [0.717, 1.165) is 31.2 Å². The van der Waals surface area contributed by atoms with Crippen molar-refractivity contribution < 1.29 is 38.2 Å². The third kappa shape index (κ3) is 7.52. The van der Waals surface area contributed by atoms with Crippen LogP contribution in [0, 0.1) is 18.3 Å². The molecule has 51 heavy (non-hydrogen) atoms. The molecule has 1 aliphatic heterocycles. The highest BCUT2D eigenvalue weighted by Crippen LogP contribution is 2.46. The first-order valence-corrected chi connectivity index (χ1v) is 17.5. The minimum atomic E-state index is -1.28. The van der Waals surface area contributed by atoms with Crippen molar-refractivity contribution >= 4 is 40.5 Å². The van der Waals surface area contributed by atoms with Crippen LogP contribution in [0.1, 0.15) is 89.2 Å². The molecule has 3 aliphatic rings. The number of hydrogen-bond donors (Lipinski definition) is 3. The molecule has 2 heterocycles. The maximum atomic E-state index is 14.6. The number of ketones is 1. The van der Waals surface area contributed by atoms with E-state index < -0.39 is 53.0 Å². The molecule has 1 aromatic heterocycles. The molecule has 1 aromatic carbocycles. The Labute approximate surface area is 299 Å². The number of aromatic nitrogens is 1. The van der Waals surface area contributed by atoms with Crippen LogP contribution in [0.2, 0.25) is 0 Å². The van der Waals surface area contributed by atoms with Crippen molar-refractivity contribution in [1.82, 2.24) is 25.8 Å². The van der Waals surface area contributed by atoms with E-state index in [1.807, 2.05) is 34.6 Å². The quantitative estimate of drug-likeness (QED) is 0.175. The van der Waals surface area contributed by atoms with Crippen molar-refractivity contribution in [3.05, 3.63) is 42.1 Å². The third-order valence-electron chi connectivity index (χ3n) is 10.6. The van der Waals surface area contributed by atoms with Crippen molar-refractivity contribution in [3.63, 3.8) is 0 Å². The molecule has 13 nitrogen and oxygen atoms in total. The van der Waals surface area contributed by atoms with Crippen LogP contribution in [0.5, 0.6) is 11.5 Å². The van der Waals surface area contributed by atoms with E-state index in [4.69, 9.17) is 14.2 Å². The summed E-state index contributed by atoms with van der Waals surface area (Å²) in [5.74, 6) is -1.24. The van der Waals surface area contributed by atoms with Crippen LogP contribution in [0.3, 0.4) is 0 Å². The van der Waals surface area contributed by atoms with Gasteiger partial charge in [0.2, 0.25) is 11.8 Å². The van der Waals surface area contributed by atoms with E-state index >= 15 is 0 Å². The number of benzene rings is 1. The summed E-state index contributed by atoms with van der Waals surface area (Å²) < 4.78 is 17.1. The number of carbonyl (C=O) groups excluding carboxylic acids is 5. The first kappa shape index (κ1) is 37.6. The fourth-order valence-corrected chi connectivity index (χ4v) is 7.46. The summed E-state index contributed by atoms with van der Waals surface area (Å²) in [5.41, 5.74) is -0.947. The number of nitrogens with zero attached hydrogens (tertiary/aromatic N) is 2. The number of hydrogen-bond acceptors (Lipinski definition) is 9. The van der Waals surface area contributed by atoms with Gasteiger partial charge in [-0.05, 0) is 50.7 Å². The molecule has 3 N–H and O–H groups in total. The number of methoxy groups -OCH3 is 2. The smallest absolute Gasteiger partial charge is 0.332 e. The molecular formula is C38H51N5O8. The number of nitrogens with one attached hydrogen (secondary N) is 3. The number of fused-ring (bicyclic) bond motifs is 1. The second-order valence-electron chi connectivity index (χ2n) is 15.5. The van der Waals surface area contributed by atoms with Crippen molar-refractivity contribution in [1.29, 1.82) is 0 Å². The number of pyridine rings is 1. The average molecular weight is 706 g/mol. The summed E-state index contributed by atoms with van der Waals surface area (Å²) in [7, 11) is 2.81. The zero-order valence-corrected chi connectivity index (χ0v) is 30.9. The number of ether oxygens (including phenoxy) is 3. The maximum absolute atomic E-state index is 14.6. The van der Waals surface area contributed by atoms with Crippen molar-refractivity contribution in [2.24, 2.45) is 11.3 Å². The average Bonchev–Trinajstić information content (AvgIpc) is 3.36. The number of esters is 1. The molecule has 0 radical (unpaired) electrons. The molecule has 13 heteroatoms. The van der Waals surface area contributed by atoms with Crippen LogP contribution < -0.4 is 25.4 Å². The highest BCUT2D eigenvalue weighted by Gasteiger charge is 2.62. The summed E-state index contributed by atoms with van der Waals surface area (Å²) in [6, 6.07) is 2.63. The van der Waals surface area contributed by atoms with E-state index in [1.54, 1.807) is 31.4 Å².